The summed E-state index contributed by atoms with van der Waals surface area (Å²) in [6.45, 7) is 1.87. The summed E-state index contributed by atoms with van der Waals surface area (Å²) in [6.07, 6.45) is 3.47. The Hall–Kier alpha value is -1.13. The van der Waals surface area contributed by atoms with Gasteiger partial charge in [-0.1, -0.05) is 23.2 Å². The third-order valence-corrected chi connectivity index (χ3v) is 2.24. The Morgan fingerprint density at radius 1 is 1.29 bits per heavy atom. The smallest absolute Gasteiger partial charge is 0.175 e. The van der Waals surface area contributed by atoms with Crippen molar-refractivity contribution >= 4 is 23.2 Å². The van der Waals surface area contributed by atoms with Crippen LogP contribution in [0.2, 0.25) is 10.3 Å². The Kier molecular flexibility index (Phi) is 2.39. The minimum atomic E-state index is 0.301. The number of imidazole rings is 1. The van der Waals surface area contributed by atoms with Gasteiger partial charge in [-0.15, -0.1) is 10.2 Å². The zero-order valence-corrected chi connectivity index (χ0v) is 8.79. The van der Waals surface area contributed by atoms with E-state index in [9.17, 15) is 0 Å². The first-order valence-electron chi connectivity index (χ1n) is 3.87. The van der Waals surface area contributed by atoms with E-state index in [4.69, 9.17) is 23.2 Å². The lowest BCUT2D eigenvalue weighted by Crippen LogP contribution is -1.99. The van der Waals surface area contributed by atoms with E-state index >= 15 is 0 Å². The van der Waals surface area contributed by atoms with Gasteiger partial charge in [-0.25, -0.2) is 4.98 Å². The maximum Gasteiger partial charge on any atom is 0.175 e. The van der Waals surface area contributed by atoms with Gasteiger partial charge in [0.2, 0.25) is 0 Å². The average Bonchev–Trinajstić information content (AvgIpc) is 2.56. The SMILES string of the molecule is Cc1nccn1-c1cc(Cl)nnc1Cl. The van der Waals surface area contributed by atoms with Gasteiger partial charge in [-0.2, -0.15) is 0 Å². The molecular formula is C8H6Cl2N4. The van der Waals surface area contributed by atoms with Crippen LogP contribution in [0.15, 0.2) is 18.5 Å². The van der Waals surface area contributed by atoms with Crippen LogP contribution >= 0.6 is 23.2 Å². The lowest BCUT2D eigenvalue weighted by molar-refractivity contribution is 0.933. The summed E-state index contributed by atoms with van der Waals surface area (Å²) in [7, 11) is 0. The molecule has 0 unspecified atom stereocenters. The lowest BCUT2D eigenvalue weighted by Gasteiger charge is -2.05. The fourth-order valence-corrected chi connectivity index (χ4v) is 1.47. The van der Waals surface area contributed by atoms with Crippen LogP contribution in [0.4, 0.5) is 0 Å². The van der Waals surface area contributed by atoms with Gasteiger partial charge in [-0.05, 0) is 6.92 Å². The molecular weight excluding hydrogens is 223 g/mol. The van der Waals surface area contributed by atoms with Gasteiger partial charge in [0.1, 0.15) is 5.82 Å². The molecule has 0 amide bonds. The normalized spacial score (nSPS) is 10.5. The van der Waals surface area contributed by atoms with Gasteiger partial charge in [-0.3, -0.25) is 0 Å². The fourth-order valence-electron chi connectivity index (χ4n) is 1.15. The second-order valence-electron chi connectivity index (χ2n) is 2.69. The summed E-state index contributed by atoms with van der Waals surface area (Å²) in [4.78, 5) is 4.08. The van der Waals surface area contributed by atoms with Gasteiger partial charge in [0.25, 0.3) is 0 Å². The van der Waals surface area contributed by atoms with E-state index in [-0.39, 0.29) is 0 Å². The molecule has 0 saturated heterocycles. The predicted octanol–water partition coefficient (Wildman–Crippen LogP) is 2.28. The molecule has 0 atom stereocenters. The molecule has 2 aromatic heterocycles. The third-order valence-electron chi connectivity index (χ3n) is 1.79. The van der Waals surface area contributed by atoms with E-state index in [1.165, 1.54) is 0 Å². The molecule has 0 fully saturated rings. The van der Waals surface area contributed by atoms with E-state index in [0.717, 1.165) is 5.82 Å². The van der Waals surface area contributed by atoms with Crippen molar-refractivity contribution in [2.75, 3.05) is 0 Å². The van der Waals surface area contributed by atoms with Crippen molar-refractivity contribution in [3.8, 4) is 5.69 Å². The highest BCUT2D eigenvalue weighted by Crippen LogP contribution is 2.20. The van der Waals surface area contributed by atoms with Crippen molar-refractivity contribution in [1.82, 2.24) is 19.7 Å². The first kappa shape index (κ1) is 9.43. The molecule has 0 bridgehead atoms. The largest absolute Gasteiger partial charge is 0.301 e. The van der Waals surface area contributed by atoms with E-state index in [1.807, 2.05) is 6.92 Å². The molecule has 72 valence electrons. The third kappa shape index (κ3) is 1.58. The van der Waals surface area contributed by atoms with E-state index in [1.54, 1.807) is 23.0 Å². The van der Waals surface area contributed by atoms with Crippen LogP contribution in [0.5, 0.6) is 0 Å². The Labute approximate surface area is 90.5 Å². The fraction of sp³-hybridized carbons (Fsp3) is 0.125. The molecule has 0 radical (unpaired) electrons. The van der Waals surface area contributed by atoms with Crippen molar-refractivity contribution in [2.45, 2.75) is 6.92 Å². The van der Waals surface area contributed by atoms with Crippen LogP contribution in [0.25, 0.3) is 5.69 Å². The van der Waals surface area contributed by atoms with Crippen molar-refractivity contribution in [3.05, 3.63) is 34.6 Å². The summed E-state index contributed by atoms with van der Waals surface area (Å²) in [5.74, 6) is 0.816. The van der Waals surface area contributed by atoms with Gasteiger partial charge >= 0.3 is 0 Å². The standard InChI is InChI=1S/C8H6Cl2N4/c1-5-11-2-3-14(5)6-4-7(9)12-13-8(6)10/h2-4H,1H3. The number of hydrogen-bond acceptors (Lipinski definition) is 3. The molecule has 0 aliphatic carbocycles. The first-order chi connectivity index (χ1) is 6.68. The summed E-state index contributed by atoms with van der Waals surface area (Å²) < 4.78 is 1.79. The quantitative estimate of drug-likeness (QED) is 0.753. The highest BCUT2D eigenvalue weighted by atomic mass is 35.5. The Morgan fingerprint density at radius 2 is 2.07 bits per heavy atom. The van der Waals surface area contributed by atoms with Gasteiger partial charge in [0, 0.05) is 18.5 Å². The summed E-state index contributed by atoms with van der Waals surface area (Å²) in [6, 6.07) is 1.64. The molecule has 0 N–H and O–H groups in total. The molecule has 2 rings (SSSR count). The molecule has 0 aromatic carbocycles. The van der Waals surface area contributed by atoms with E-state index < -0.39 is 0 Å². The first-order valence-corrected chi connectivity index (χ1v) is 4.63. The highest BCUT2D eigenvalue weighted by molar-refractivity contribution is 6.32. The van der Waals surface area contributed by atoms with E-state index in [0.29, 0.717) is 16.0 Å². The predicted molar refractivity (Wildman–Crippen MR) is 53.9 cm³/mol. The van der Waals surface area contributed by atoms with Crippen LogP contribution in [-0.4, -0.2) is 19.7 Å². The second kappa shape index (κ2) is 3.55. The molecule has 6 heteroatoms. The lowest BCUT2D eigenvalue weighted by atomic mass is 10.4. The number of aryl methyl sites for hydroxylation is 1. The zero-order valence-electron chi connectivity index (χ0n) is 7.28. The molecule has 4 nitrogen and oxygen atoms in total. The van der Waals surface area contributed by atoms with Crippen LogP contribution in [0.1, 0.15) is 5.82 Å². The van der Waals surface area contributed by atoms with Gasteiger partial charge in [0.05, 0.1) is 5.69 Å². The topological polar surface area (TPSA) is 43.6 Å². The van der Waals surface area contributed by atoms with Crippen molar-refractivity contribution < 1.29 is 0 Å². The molecule has 0 aliphatic rings. The molecule has 0 saturated carbocycles. The van der Waals surface area contributed by atoms with Crippen LogP contribution in [0.3, 0.4) is 0 Å². The van der Waals surface area contributed by atoms with Crippen molar-refractivity contribution in [2.24, 2.45) is 0 Å². The number of aromatic nitrogens is 4. The highest BCUT2D eigenvalue weighted by Gasteiger charge is 2.07. The number of nitrogens with zero attached hydrogens (tertiary/aromatic N) is 4. The van der Waals surface area contributed by atoms with Gasteiger partial charge < -0.3 is 4.57 Å². The summed E-state index contributed by atoms with van der Waals surface area (Å²) >= 11 is 11.6. The molecule has 2 aromatic rings. The average molecular weight is 229 g/mol. The van der Waals surface area contributed by atoms with Crippen LogP contribution in [-0.2, 0) is 0 Å². The Morgan fingerprint density at radius 3 is 2.71 bits per heavy atom. The van der Waals surface area contributed by atoms with Crippen molar-refractivity contribution in [3.63, 3.8) is 0 Å². The second-order valence-corrected chi connectivity index (χ2v) is 3.43. The Bertz CT molecular complexity index is 466. The molecule has 0 spiro atoms. The maximum atomic E-state index is 5.88. The van der Waals surface area contributed by atoms with Crippen molar-refractivity contribution in [1.29, 1.82) is 0 Å². The molecule has 2 heterocycles. The summed E-state index contributed by atoms with van der Waals surface area (Å²) in [5.41, 5.74) is 0.682. The maximum absolute atomic E-state index is 5.88. The minimum Gasteiger partial charge on any atom is -0.301 e. The number of halogens is 2. The molecule has 0 aliphatic heterocycles. The number of hydrogen-bond donors (Lipinski definition) is 0. The minimum absolute atomic E-state index is 0.301. The number of rotatable bonds is 1. The molecule has 14 heavy (non-hydrogen) atoms. The van der Waals surface area contributed by atoms with Crippen LogP contribution in [0, 0.1) is 6.92 Å². The van der Waals surface area contributed by atoms with E-state index in [2.05, 4.69) is 15.2 Å². The summed E-state index contributed by atoms with van der Waals surface area (Å²) in [5, 5.41) is 7.94. The Balaban J connectivity index is 2.62. The van der Waals surface area contributed by atoms with Crippen LogP contribution < -0.4 is 0 Å². The monoisotopic (exact) mass is 228 g/mol. The van der Waals surface area contributed by atoms with Gasteiger partial charge in [0.15, 0.2) is 10.3 Å². The zero-order chi connectivity index (χ0) is 10.1.